The van der Waals surface area contributed by atoms with Gasteiger partial charge in [0.05, 0.1) is 10.9 Å². The second-order valence-corrected chi connectivity index (χ2v) is 8.05. The van der Waals surface area contributed by atoms with Crippen LogP contribution < -0.4 is 10.6 Å². The first-order valence-electron chi connectivity index (χ1n) is 7.93. The number of fused-ring (bicyclic) bond motifs is 2. The maximum atomic E-state index is 12.1. The summed E-state index contributed by atoms with van der Waals surface area (Å²) >= 11 is 6.07. The Labute approximate surface area is 140 Å². The number of halogens is 1. The number of carbonyl (C=O) groups excluding carboxylic acids is 1. The first kappa shape index (κ1) is 14.8. The molecule has 1 saturated carbocycles. The summed E-state index contributed by atoms with van der Waals surface area (Å²) in [6, 6.07) is 7.78. The Kier molecular flexibility index (Phi) is 2.95. The molecule has 5 heteroatoms. The van der Waals surface area contributed by atoms with E-state index in [1.54, 1.807) is 6.20 Å². The smallest absolute Gasteiger partial charge is 0.225 e. The van der Waals surface area contributed by atoms with Crippen molar-refractivity contribution in [1.29, 1.82) is 0 Å². The zero-order valence-electron chi connectivity index (χ0n) is 13.3. The quantitative estimate of drug-likeness (QED) is 0.920. The number of nitrogens with zero attached hydrogens (tertiary/aromatic N) is 2. The molecule has 1 aliphatic heterocycles. The summed E-state index contributed by atoms with van der Waals surface area (Å²) in [4.78, 5) is 18.8. The van der Waals surface area contributed by atoms with Crippen LogP contribution in [0.3, 0.4) is 0 Å². The van der Waals surface area contributed by atoms with Gasteiger partial charge in [0.1, 0.15) is 0 Å². The fourth-order valence-corrected chi connectivity index (χ4v) is 4.96. The van der Waals surface area contributed by atoms with Crippen molar-refractivity contribution in [1.82, 2.24) is 4.98 Å². The lowest BCUT2D eigenvalue weighted by Crippen LogP contribution is -2.59. The standard InChI is InChI=1S/C18H20ClN3O/c1-17(2)9-18(16(20)23)10-22(8-15(17)18)14-5-6-21-13-7-11(19)3-4-12(13)14/h3-7,15H,8-10H2,1-2H3,(H2,20,23)/t15-,18+/m1/s1. The van der Waals surface area contributed by atoms with Gasteiger partial charge in [0, 0.05) is 35.4 Å². The molecular formula is C18H20ClN3O. The molecular weight excluding hydrogens is 310 g/mol. The van der Waals surface area contributed by atoms with Gasteiger partial charge in [-0.15, -0.1) is 0 Å². The fourth-order valence-electron chi connectivity index (χ4n) is 4.79. The predicted octanol–water partition coefficient (Wildman–Crippen LogP) is 3.23. The number of primary amides is 1. The summed E-state index contributed by atoms with van der Waals surface area (Å²) < 4.78 is 0. The van der Waals surface area contributed by atoms with Gasteiger partial charge in [-0.1, -0.05) is 25.4 Å². The first-order valence-corrected chi connectivity index (χ1v) is 8.30. The van der Waals surface area contributed by atoms with E-state index in [1.165, 1.54) is 0 Å². The molecule has 0 unspecified atom stereocenters. The normalized spacial score (nSPS) is 28.5. The van der Waals surface area contributed by atoms with Gasteiger partial charge in [0.15, 0.2) is 0 Å². The SMILES string of the molecule is CC1(C)C[C@]2(C(N)=O)CN(c3ccnc4cc(Cl)ccc34)C[C@H]12. The van der Waals surface area contributed by atoms with Gasteiger partial charge in [0.2, 0.25) is 5.91 Å². The van der Waals surface area contributed by atoms with Gasteiger partial charge in [0.25, 0.3) is 0 Å². The molecule has 120 valence electrons. The second kappa shape index (κ2) is 4.60. The number of aromatic nitrogens is 1. The topological polar surface area (TPSA) is 59.2 Å². The molecule has 0 radical (unpaired) electrons. The molecule has 1 aliphatic carbocycles. The predicted molar refractivity (Wildman–Crippen MR) is 92.5 cm³/mol. The number of hydrogen-bond donors (Lipinski definition) is 1. The van der Waals surface area contributed by atoms with Crippen molar-refractivity contribution in [3.05, 3.63) is 35.5 Å². The van der Waals surface area contributed by atoms with Gasteiger partial charge >= 0.3 is 0 Å². The van der Waals surface area contributed by atoms with E-state index < -0.39 is 0 Å². The van der Waals surface area contributed by atoms with Crippen molar-refractivity contribution in [2.75, 3.05) is 18.0 Å². The van der Waals surface area contributed by atoms with Crippen LogP contribution in [0.5, 0.6) is 0 Å². The number of rotatable bonds is 2. The molecule has 2 aromatic rings. The maximum Gasteiger partial charge on any atom is 0.225 e. The summed E-state index contributed by atoms with van der Waals surface area (Å²) in [5.41, 5.74) is 7.54. The molecule has 1 aromatic carbocycles. The van der Waals surface area contributed by atoms with E-state index in [4.69, 9.17) is 17.3 Å². The largest absolute Gasteiger partial charge is 0.370 e. The van der Waals surface area contributed by atoms with Crippen LogP contribution in [0, 0.1) is 16.7 Å². The molecule has 0 bridgehead atoms. The first-order chi connectivity index (χ1) is 10.8. The Morgan fingerprint density at radius 1 is 1.39 bits per heavy atom. The van der Waals surface area contributed by atoms with E-state index in [1.807, 2.05) is 24.3 Å². The highest BCUT2D eigenvalue weighted by atomic mass is 35.5. The van der Waals surface area contributed by atoms with Crippen molar-refractivity contribution in [3.63, 3.8) is 0 Å². The van der Waals surface area contributed by atoms with E-state index >= 15 is 0 Å². The van der Waals surface area contributed by atoms with Crippen LogP contribution >= 0.6 is 11.6 Å². The Bertz CT molecular complexity index is 819. The lowest BCUT2D eigenvalue weighted by Gasteiger charge is -2.54. The molecule has 2 aliphatic rings. The molecule has 0 spiro atoms. The number of carbonyl (C=O) groups is 1. The molecule has 1 saturated heterocycles. The van der Waals surface area contributed by atoms with Crippen LogP contribution in [0.4, 0.5) is 5.69 Å². The molecule has 2 fully saturated rings. The molecule has 1 amide bonds. The number of pyridine rings is 1. The molecule has 2 heterocycles. The maximum absolute atomic E-state index is 12.1. The number of anilines is 1. The van der Waals surface area contributed by atoms with Crippen molar-refractivity contribution < 1.29 is 4.79 Å². The highest BCUT2D eigenvalue weighted by Crippen LogP contribution is 2.63. The minimum Gasteiger partial charge on any atom is -0.370 e. The van der Waals surface area contributed by atoms with Crippen molar-refractivity contribution in [2.24, 2.45) is 22.5 Å². The minimum atomic E-state index is -0.383. The monoisotopic (exact) mass is 329 g/mol. The number of amides is 1. The van der Waals surface area contributed by atoms with Gasteiger partial charge in [-0.2, -0.15) is 0 Å². The Morgan fingerprint density at radius 2 is 2.17 bits per heavy atom. The average Bonchev–Trinajstić information content (AvgIpc) is 2.82. The zero-order valence-corrected chi connectivity index (χ0v) is 14.1. The van der Waals surface area contributed by atoms with Crippen LogP contribution in [0.1, 0.15) is 20.3 Å². The number of hydrogen-bond acceptors (Lipinski definition) is 3. The molecule has 2 N–H and O–H groups in total. The molecule has 23 heavy (non-hydrogen) atoms. The van der Waals surface area contributed by atoms with Gasteiger partial charge in [-0.05, 0) is 42.0 Å². The molecule has 1 aromatic heterocycles. The summed E-state index contributed by atoms with van der Waals surface area (Å²) in [6.07, 6.45) is 2.67. The Balaban J connectivity index is 1.77. The summed E-state index contributed by atoms with van der Waals surface area (Å²) in [6.45, 7) is 6.01. The van der Waals surface area contributed by atoms with E-state index in [0.717, 1.165) is 29.6 Å². The highest BCUT2D eigenvalue weighted by Gasteiger charge is 2.66. The van der Waals surface area contributed by atoms with Crippen molar-refractivity contribution >= 4 is 34.1 Å². The second-order valence-electron chi connectivity index (χ2n) is 7.61. The number of benzene rings is 1. The van der Waals surface area contributed by atoms with Crippen molar-refractivity contribution in [2.45, 2.75) is 20.3 Å². The van der Waals surface area contributed by atoms with Crippen molar-refractivity contribution in [3.8, 4) is 0 Å². The highest BCUT2D eigenvalue weighted by molar-refractivity contribution is 6.31. The third-order valence-electron chi connectivity index (χ3n) is 5.77. The molecule has 4 rings (SSSR count). The molecule has 4 nitrogen and oxygen atoms in total. The van der Waals surface area contributed by atoms with Crippen LogP contribution in [-0.2, 0) is 4.79 Å². The van der Waals surface area contributed by atoms with Crippen LogP contribution in [0.15, 0.2) is 30.5 Å². The minimum absolute atomic E-state index is 0.161. The van der Waals surface area contributed by atoms with Gasteiger partial charge < -0.3 is 10.6 Å². The third-order valence-corrected chi connectivity index (χ3v) is 6.01. The number of nitrogens with two attached hydrogens (primary N) is 1. The summed E-state index contributed by atoms with van der Waals surface area (Å²) in [7, 11) is 0. The lowest BCUT2D eigenvalue weighted by atomic mass is 9.48. The van der Waals surface area contributed by atoms with Gasteiger partial charge in [-0.25, -0.2) is 0 Å². The third kappa shape index (κ3) is 1.97. The van der Waals surface area contributed by atoms with E-state index in [0.29, 0.717) is 17.5 Å². The lowest BCUT2D eigenvalue weighted by molar-refractivity contribution is -0.148. The fraction of sp³-hybridized carbons (Fsp3) is 0.444. The van der Waals surface area contributed by atoms with Crippen LogP contribution in [-0.4, -0.2) is 24.0 Å². The average molecular weight is 330 g/mol. The van der Waals surface area contributed by atoms with E-state index in [2.05, 4.69) is 23.7 Å². The van der Waals surface area contributed by atoms with E-state index in [9.17, 15) is 4.79 Å². The Hall–Kier alpha value is -1.81. The zero-order chi connectivity index (χ0) is 16.4. The molecule has 2 atom stereocenters. The summed E-state index contributed by atoms with van der Waals surface area (Å²) in [5, 5.41) is 1.74. The summed E-state index contributed by atoms with van der Waals surface area (Å²) in [5.74, 6) is 0.147. The Morgan fingerprint density at radius 3 is 2.83 bits per heavy atom. The van der Waals surface area contributed by atoms with Gasteiger partial charge in [-0.3, -0.25) is 9.78 Å². The van der Waals surface area contributed by atoms with Crippen LogP contribution in [0.2, 0.25) is 5.02 Å². The van der Waals surface area contributed by atoms with E-state index in [-0.39, 0.29) is 16.7 Å². The van der Waals surface area contributed by atoms with Crippen LogP contribution in [0.25, 0.3) is 10.9 Å².